The Morgan fingerprint density at radius 2 is 2.12 bits per heavy atom. The first-order valence-electron chi connectivity index (χ1n) is 8.29. The number of hydrogen-bond donors (Lipinski definition) is 1. The average Bonchev–Trinajstić information content (AvgIpc) is 3.30. The van der Waals surface area contributed by atoms with E-state index in [1.54, 1.807) is 6.20 Å². The van der Waals surface area contributed by atoms with E-state index in [-0.39, 0.29) is 17.4 Å². The molecule has 0 aliphatic rings. The summed E-state index contributed by atoms with van der Waals surface area (Å²) in [7, 11) is 0. The van der Waals surface area contributed by atoms with Gasteiger partial charge in [-0.2, -0.15) is 0 Å². The molecule has 0 saturated heterocycles. The van der Waals surface area contributed by atoms with E-state index in [4.69, 9.17) is 4.52 Å². The Morgan fingerprint density at radius 1 is 1.27 bits per heavy atom. The highest BCUT2D eigenvalue weighted by Gasteiger charge is 2.14. The standard InChI is InChI=1S/C18H18F2N4O2/c1-2-17-21-7-9-24(17)8-3-6-22-18(25)15-11-16(26-23-15)12-4-5-13(19)14(20)10-12/h4-5,7,9-11H,2-3,6,8H2,1H3,(H,22,25). The van der Waals surface area contributed by atoms with Gasteiger partial charge in [-0.15, -0.1) is 0 Å². The minimum atomic E-state index is -0.990. The van der Waals surface area contributed by atoms with Crippen molar-refractivity contribution in [2.24, 2.45) is 0 Å². The smallest absolute Gasteiger partial charge is 0.273 e. The van der Waals surface area contributed by atoms with Crippen LogP contribution in [0.15, 0.2) is 41.2 Å². The van der Waals surface area contributed by atoms with Crippen LogP contribution in [0, 0.1) is 11.6 Å². The van der Waals surface area contributed by atoms with Gasteiger partial charge in [0, 0.05) is 43.5 Å². The van der Waals surface area contributed by atoms with E-state index in [0.29, 0.717) is 12.1 Å². The Kier molecular flexibility index (Phi) is 5.40. The molecule has 0 atom stereocenters. The topological polar surface area (TPSA) is 73.0 Å². The fraction of sp³-hybridized carbons (Fsp3) is 0.278. The van der Waals surface area contributed by atoms with Gasteiger partial charge in [0.15, 0.2) is 23.1 Å². The van der Waals surface area contributed by atoms with E-state index < -0.39 is 11.6 Å². The van der Waals surface area contributed by atoms with E-state index >= 15 is 0 Å². The van der Waals surface area contributed by atoms with Crippen molar-refractivity contribution in [2.75, 3.05) is 6.54 Å². The molecule has 26 heavy (non-hydrogen) atoms. The second kappa shape index (κ2) is 7.90. The molecule has 0 bridgehead atoms. The summed E-state index contributed by atoms with van der Waals surface area (Å²) in [6.07, 6.45) is 5.26. The maximum atomic E-state index is 13.3. The highest BCUT2D eigenvalue weighted by molar-refractivity contribution is 5.93. The van der Waals surface area contributed by atoms with Crippen molar-refractivity contribution in [3.8, 4) is 11.3 Å². The van der Waals surface area contributed by atoms with Gasteiger partial charge < -0.3 is 14.4 Å². The molecule has 0 fully saturated rings. The monoisotopic (exact) mass is 360 g/mol. The van der Waals surface area contributed by atoms with Crippen molar-refractivity contribution in [3.05, 3.63) is 59.8 Å². The van der Waals surface area contributed by atoms with Crippen molar-refractivity contribution in [3.63, 3.8) is 0 Å². The van der Waals surface area contributed by atoms with Crippen LogP contribution in [-0.2, 0) is 13.0 Å². The molecular weight excluding hydrogens is 342 g/mol. The van der Waals surface area contributed by atoms with Crippen molar-refractivity contribution in [1.29, 1.82) is 0 Å². The highest BCUT2D eigenvalue weighted by atomic mass is 19.2. The molecule has 0 radical (unpaired) electrons. The Labute approximate surface area is 148 Å². The van der Waals surface area contributed by atoms with Gasteiger partial charge in [0.05, 0.1) is 0 Å². The second-order valence-electron chi connectivity index (χ2n) is 5.71. The number of halogens is 2. The minimum absolute atomic E-state index is 0.0848. The number of carbonyl (C=O) groups excluding carboxylic acids is 1. The number of hydrogen-bond acceptors (Lipinski definition) is 4. The van der Waals surface area contributed by atoms with E-state index in [9.17, 15) is 13.6 Å². The summed E-state index contributed by atoms with van der Waals surface area (Å²) in [5, 5.41) is 6.44. The van der Waals surface area contributed by atoms with Crippen LogP contribution in [0.4, 0.5) is 8.78 Å². The molecule has 1 N–H and O–H groups in total. The first kappa shape index (κ1) is 17.8. The molecule has 0 unspecified atom stereocenters. The normalized spacial score (nSPS) is 10.9. The lowest BCUT2D eigenvalue weighted by atomic mass is 10.1. The lowest BCUT2D eigenvalue weighted by Gasteiger charge is -2.06. The van der Waals surface area contributed by atoms with Gasteiger partial charge in [-0.1, -0.05) is 12.1 Å². The zero-order valence-corrected chi connectivity index (χ0v) is 14.2. The van der Waals surface area contributed by atoms with Crippen LogP contribution in [0.1, 0.15) is 29.7 Å². The van der Waals surface area contributed by atoms with Crippen molar-refractivity contribution >= 4 is 5.91 Å². The van der Waals surface area contributed by atoms with E-state index in [2.05, 4.69) is 15.5 Å². The Hall–Kier alpha value is -3.03. The van der Waals surface area contributed by atoms with Crippen molar-refractivity contribution in [1.82, 2.24) is 20.0 Å². The van der Waals surface area contributed by atoms with Gasteiger partial charge in [0.25, 0.3) is 5.91 Å². The predicted molar refractivity (Wildman–Crippen MR) is 90.4 cm³/mol. The van der Waals surface area contributed by atoms with Gasteiger partial charge in [-0.3, -0.25) is 4.79 Å². The number of aryl methyl sites for hydroxylation is 2. The molecule has 0 aliphatic carbocycles. The summed E-state index contributed by atoms with van der Waals surface area (Å²) >= 11 is 0. The molecule has 2 aromatic heterocycles. The highest BCUT2D eigenvalue weighted by Crippen LogP contribution is 2.22. The van der Waals surface area contributed by atoms with Crippen molar-refractivity contribution < 1.29 is 18.1 Å². The van der Waals surface area contributed by atoms with Crippen LogP contribution >= 0.6 is 0 Å². The summed E-state index contributed by atoms with van der Waals surface area (Å²) < 4.78 is 33.4. The van der Waals surface area contributed by atoms with Crippen LogP contribution in [0.2, 0.25) is 0 Å². The Bertz CT molecular complexity index is 904. The molecule has 0 aliphatic heterocycles. The number of aromatic nitrogens is 3. The molecule has 0 spiro atoms. The molecule has 1 amide bonds. The molecule has 0 saturated carbocycles. The largest absolute Gasteiger partial charge is 0.355 e. The van der Waals surface area contributed by atoms with Gasteiger partial charge in [0.1, 0.15) is 5.82 Å². The number of amides is 1. The Morgan fingerprint density at radius 3 is 2.88 bits per heavy atom. The summed E-state index contributed by atoms with van der Waals surface area (Å²) in [5.41, 5.74) is 0.393. The van der Waals surface area contributed by atoms with Crippen LogP contribution < -0.4 is 5.32 Å². The summed E-state index contributed by atoms with van der Waals surface area (Å²) in [6.45, 7) is 3.26. The van der Waals surface area contributed by atoms with Gasteiger partial charge in [-0.25, -0.2) is 13.8 Å². The predicted octanol–water partition coefficient (Wildman–Crippen LogP) is 3.20. The van der Waals surface area contributed by atoms with Gasteiger partial charge >= 0.3 is 0 Å². The van der Waals surface area contributed by atoms with Gasteiger partial charge in [-0.05, 0) is 24.6 Å². The summed E-state index contributed by atoms with van der Waals surface area (Å²) in [4.78, 5) is 16.4. The SMILES string of the molecule is CCc1nccn1CCCNC(=O)c1cc(-c2ccc(F)c(F)c2)on1. The average molecular weight is 360 g/mol. The number of benzene rings is 1. The Balaban J connectivity index is 1.54. The van der Waals surface area contributed by atoms with E-state index in [0.717, 1.165) is 37.3 Å². The minimum Gasteiger partial charge on any atom is -0.355 e. The number of imidazole rings is 1. The van der Waals surface area contributed by atoms with Crippen LogP contribution in [0.5, 0.6) is 0 Å². The zero-order chi connectivity index (χ0) is 18.5. The number of nitrogens with one attached hydrogen (secondary N) is 1. The number of rotatable bonds is 7. The zero-order valence-electron chi connectivity index (χ0n) is 14.2. The van der Waals surface area contributed by atoms with Crippen molar-refractivity contribution in [2.45, 2.75) is 26.3 Å². The van der Waals surface area contributed by atoms with E-state index in [1.807, 2.05) is 17.7 Å². The van der Waals surface area contributed by atoms with Crippen LogP contribution in [-0.4, -0.2) is 27.2 Å². The lowest BCUT2D eigenvalue weighted by molar-refractivity contribution is 0.0943. The maximum Gasteiger partial charge on any atom is 0.273 e. The molecule has 3 rings (SSSR count). The molecule has 1 aromatic carbocycles. The van der Waals surface area contributed by atoms with Gasteiger partial charge in [0.2, 0.25) is 0 Å². The molecule has 6 nitrogen and oxygen atoms in total. The summed E-state index contributed by atoms with van der Waals surface area (Å²) in [5.74, 6) is -1.13. The molecule has 136 valence electrons. The molecular formula is C18H18F2N4O2. The molecule has 3 aromatic rings. The first-order valence-corrected chi connectivity index (χ1v) is 8.29. The third kappa shape index (κ3) is 3.96. The second-order valence-corrected chi connectivity index (χ2v) is 5.71. The van der Waals surface area contributed by atoms with E-state index in [1.165, 1.54) is 12.1 Å². The van der Waals surface area contributed by atoms with Crippen LogP contribution in [0.3, 0.4) is 0 Å². The fourth-order valence-electron chi connectivity index (χ4n) is 2.57. The quantitative estimate of drug-likeness (QED) is 0.657. The van der Waals surface area contributed by atoms with Crippen LogP contribution in [0.25, 0.3) is 11.3 Å². The first-order chi connectivity index (χ1) is 12.6. The molecule has 2 heterocycles. The third-order valence-corrected chi connectivity index (χ3v) is 3.93. The lowest BCUT2D eigenvalue weighted by Crippen LogP contribution is -2.25. The number of carbonyl (C=O) groups is 1. The summed E-state index contributed by atoms with van der Waals surface area (Å²) in [6, 6.07) is 4.74. The maximum absolute atomic E-state index is 13.3. The molecule has 8 heteroatoms. The third-order valence-electron chi connectivity index (χ3n) is 3.93. The number of nitrogens with zero attached hydrogens (tertiary/aromatic N) is 3. The fourth-order valence-corrected chi connectivity index (χ4v) is 2.57.